The van der Waals surface area contributed by atoms with Crippen molar-refractivity contribution in [2.45, 2.75) is 70.7 Å². The summed E-state index contributed by atoms with van der Waals surface area (Å²) >= 11 is 3.45. The van der Waals surface area contributed by atoms with Gasteiger partial charge in [0.15, 0.2) is 14.1 Å². The second-order valence-corrected chi connectivity index (χ2v) is 13.6. The van der Waals surface area contributed by atoms with Crippen LogP contribution in [0, 0.1) is 0 Å². The zero-order chi connectivity index (χ0) is 17.5. The zero-order valence-corrected chi connectivity index (χ0v) is 17.7. The van der Waals surface area contributed by atoms with Gasteiger partial charge in [-0.05, 0) is 60.0 Å². The van der Waals surface area contributed by atoms with Crippen LogP contribution < -0.4 is 0 Å². The SMILES string of the molecule is CC1(C)OC[C@H]([C@@H](O[Si](C)(C)C(C)(C)C)c2cccc(Br)n2)O1. The predicted molar refractivity (Wildman–Crippen MR) is 97.9 cm³/mol. The summed E-state index contributed by atoms with van der Waals surface area (Å²) in [5.41, 5.74) is 0.885. The summed E-state index contributed by atoms with van der Waals surface area (Å²) in [4.78, 5) is 4.61. The van der Waals surface area contributed by atoms with E-state index in [0.717, 1.165) is 10.3 Å². The normalized spacial score (nSPS) is 23.0. The first-order valence-corrected chi connectivity index (χ1v) is 11.7. The number of halogens is 1. The summed E-state index contributed by atoms with van der Waals surface area (Å²) in [5.74, 6) is -0.578. The molecule has 0 N–H and O–H groups in total. The van der Waals surface area contributed by atoms with Gasteiger partial charge in [0, 0.05) is 0 Å². The minimum absolute atomic E-state index is 0.117. The molecule has 1 aromatic heterocycles. The highest BCUT2D eigenvalue weighted by Gasteiger charge is 2.45. The lowest BCUT2D eigenvalue weighted by atomic mass is 10.1. The topological polar surface area (TPSA) is 40.6 Å². The number of pyridine rings is 1. The average molecular weight is 402 g/mol. The third-order valence-corrected chi connectivity index (χ3v) is 9.52. The molecule has 1 fully saturated rings. The quantitative estimate of drug-likeness (QED) is 0.522. The second kappa shape index (κ2) is 6.56. The monoisotopic (exact) mass is 401 g/mol. The van der Waals surface area contributed by atoms with Crippen molar-refractivity contribution in [3.63, 3.8) is 0 Å². The van der Waals surface area contributed by atoms with Gasteiger partial charge >= 0.3 is 0 Å². The minimum Gasteiger partial charge on any atom is -0.406 e. The first-order chi connectivity index (χ1) is 10.4. The van der Waals surface area contributed by atoms with E-state index in [0.29, 0.717) is 6.61 Å². The van der Waals surface area contributed by atoms with E-state index >= 15 is 0 Å². The standard InChI is InChI=1S/C17H28BrNO3Si/c1-16(2,3)23(6,7)22-15(12-9-8-10-14(18)19-12)13-11-20-17(4,5)21-13/h8-10,13,15H,11H2,1-7H3/t13-,15+/m1/s1. The smallest absolute Gasteiger partial charge is 0.193 e. The van der Waals surface area contributed by atoms with Gasteiger partial charge in [-0.1, -0.05) is 26.8 Å². The van der Waals surface area contributed by atoms with Crippen molar-refractivity contribution < 1.29 is 13.9 Å². The van der Waals surface area contributed by atoms with Crippen LogP contribution in [0.3, 0.4) is 0 Å². The van der Waals surface area contributed by atoms with E-state index in [1.54, 1.807) is 0 Å². The first kappa shape index (κ1) is 19.1. The molecule has 2 heterocycles. The number of rotatable bonds is 4. The molecule has 1 aliphatic heterocycles. The number of hydrogen-bond donors (Lipinski definition) is 0. The van der Waals surface area contributed by atoms with Crippen molar-refractivity contribution in [3.8, 4) is 0 Å². The molecule has 0 saturated carbocycles. The van der Waals surface area contributed by atoms with Gasteiger partial charge in [0.05, 0.1) is 12.3 Å². The molecular formula is C17H28BrNO3Si. The van der Waals surface area contributed by atoms with E-state index in [2.05, 4.69) is 54.8 Å². The Balaban J connectivity index is 2.33. The average Bonchev–Trinajstić information content (AvgIpc) is 2.75. The number of hydrogen-bond acceptors (Lipinski definition) is 4. The van der Waals surface area contributed by atoms with Gasteiger partial charge < -0.3 is 13.9 Å². The minimum atomic E-state index is -1.97. The molecule has 0 aromatic carbocycles. The second-order valence-electron chi connectivity index (χ2n) is 8.05. The van der Waals surface area contributed by atoms with Gasteiger partial charge in [0.2, 0.25) is 0 Å². The molecule has 0 aliphatic carbocycles. The fourth-order valence-electron chi connectivity index (χ4n) is 2.27. The van der Waals surface area contributed by atoms with Crippen molar-refractivity contribution in [2.75, 3.05) is 6.61 Å². The molecule has 0 bridgehead atoms. The van der Waals surface area contributed by atoms with Crippen molar-refractivity contribution in [2.24, 2.45) is 0 Å². The van der Waals surface area contributed by atoms with Crippen LogP contribution in [-0.2, 0) is 13.9 Å². The molecule has 1 aliphatic rings. The Labute approximate surface area is 149 Å². The highest BCUT2D eigenvalue weighted by molar-refractivity contribution is 9.10. The number of aromatic nitrogens is 1. The molecule has 1 aromatic rings. The van der Waals surface area contributed by atoms with Crippen LogP contribution in [0.25, 0.3) is 0 Å². The fourth-order valence-corrected chi connectivity index (χ4v) is 3.89. The van der Waals surface area contributed by atoms with Gasteiger partial charge in [-0.2, -0.15) is 0 Å². The van der Waals surface area contributed by atoms with E-state index in [1.165, 1.54) is 0 Å². The summed E-state index contributed by atoms with van der Waals surface area (Å²) in [5, 5.41) is 0.117. The molecule has 6 heteroatoms. The third kappa shape index (κ3) is 4.63. The molecule has 23 heavy (non-hydrogen) atoms. The van der Waals surface area contributed by atoms with Crippen LogP contribution in [0.4, 0.5) is 0 Å². The highest BCUT2D eigenvalue weighted by Crippen LogP contribution is 2.42. The Morgan fingerprint density at radius 2 is 2.00 bits per heavy atom. The van der Waals surface area contributed by atoms with Crippen LogP contribution in [0.5, 0.6) is 0 Å². The molecule has 0 amide bonds. The maximum Gasteiger partial charge on any atom is 0.193 e. The number of nitrogens with zero attached hydrogens (tertiary/aromatic N) is 1. The van der Waals surface area contributed by atoms with Crippen molar-refractivity contribution >= 4 is 24.2 Å². The Hall–Kier alpha value is -0.273. The van der Waals surface area contributed by atoms with E-state index in [-0.39, 0.29) is 17.2 Å². The molecular weight excluding hydrogens is 374 g/mol. The summed E-state index contributed by atoms with van der Waals surface area (Å²) in [6.07, 6.45) is -0.379. The maximum atomic E-state index is 6.67. The molecule has 2 atom stereocenters. The van der Waals surface area contributed by atoms with E-state index in [4.69, 9.17) is 13.9 Å². The molecule has 0 unspecified atom stereocenters. The molecule has 130 valence electrons. The molecule has 1 saturated heterocycles. The third-order valence-electron chi connectivity index (χ3n) is 4.62. The Bertz CT molecular complexity index is 557. The van der Waals surface area contributed by atoms with Gasteiger partial charge in [0.25, 0.3) is 0 Å². The maximum absolute atomic E-state index is 6.67. The van der Waals surface area contributed by atoms with Crippen molar-refractivity contribution in [1.82, 2.24) is 4.98 Å². The summed E-state index contributed by atoms with van der Waals surface area (Å²) in [6, 6.07) is 5.90. The molecule has 0 spiro atoms. The lowest BCUT2D eigenvalue weighted by Crippen LogP contribution is -2.44. The first-order valence-electron chi connectivity index (χ1n) is 8.03. The molecule has 2 rings (SSSR count). The van der Waals surface area contributed by atoms with E-state index < -0.39 is 14.1 Å². The van der Waals surface area contributed by atoms with Crippen LogP contribution in [0.1, 0.15) is 46.4 Å². The van der Waals surface area contributed by atoms with Crippen LogP contribution >= 0.6 is 15.9 Å². The van der Waals surface area contributed by atoms with Gasteiger partial charge in [-0.15, -0.1) is 0 Å². The zero-order valence-electron chi connectivity index (χ0n) is 15.1. The predicted octanol–water partition coefficient (Wildman–Crippen LogP) is 5.06. The Morgan fingerprint density at radius 1 is 1.35 bits per heavy atom. The van der Waals surface area contributed by atoms with Crippen molar-refractivity contribution in [3.05, 3.63) is 28.5 Å². The van der Waals surface area contributed by atoms with Crippen LogP contribution in [0.15, 0.2) is 22.8 Å². The molecule has 0 radical (unpaired) electrons. The van der Waals surface area contributed by atoms with Crippen LogP contribution in [-0.4, -0.2) is 31.8 Å². The largest absolute Gasteiger partial charge is 0.406 e. The fraction of sp³-hybridized carbons (Fsp3) is 0.706. The van der Waals surface area contributed by atoms with E-state index in [1.807, 2.05) is 32.0 Å². The van der Waals surface area contributed by atoms with Gasteiger partial charge in [-0.3, -0.25) is 0 Å². The highest BCUT2D eigenvalue weighted by atomic mass is 79.9. The number of ether oxygens (including phenoxy) is 2. The van der Waals surface area contributed by atoms with E-state index in [9.17, 15) is 0 Å². The van der Waals surface area contributed by atoms with Gasteiger partial charge in [0.1, 0.15) is 16.8 Å². The lowest BCUT2D eigenvalue weighted by molar-refractivity contribution is -0.150. The Morgan fingerprint density at radius 3 is 2.48 bits per heavy atom. The van der Waals surface area contributed by atoms with Crippen LogP contribution in [0.2, 0.25) is 18.1 Å². The summed E-state index contributed by atoms with van der Waals surface area (Å²) < 4.78 is 19.3. The van der Waals surface area contributed by atoms with Crippen molar-refractivity contribution in [1.29, 1.82) is 0 Å². The summed E-state index contributed by atoms with van der Waals surface area (Å²) in [6.45, 7) is 15.6. The molecule has 4 nitrogen and oxygen atoms in total. The summed E-state index contributed by atoms with van der Waals surface area (Å²) in [7, 11) is -1.97. The Kier molecular flexibility index (Phi) is 5.43. The lowest BCUT2D eigenvalue weighted by Gasteiger charge is -2.40. The van der Waals surface area contributed by atoms with Gasteiger partial charge in [-0.25, -0.2) is 4.98 Å².